The predicted octanol–water partition coefficient (Wildman–Crippen LogP) is 1.51. The van der Waals surface area contributed by atoms with Gasteiger partial charge in [-0.1, -0.05) is 18.2 Å². The van der Waals surface area contributed by atoms with Crippen LogP contribution in [0.4, 0.5) is 4.39 Å². The number of methoxy groups -OCH3 is 1. The van der Waals surface area contributed by atoms with E-state index >= 15 is 0 Å². The van der Waals surface area contributed by atoms with Crippen molar-refractivity contribution < 1.29 is 18.6 Å². The van der Waals surface area contributed by atoms with Crippen LogP contribution in [-0.4, -0.2) is 40.1 Å². The smallest absolute Gasteiger partial charge is 0.129 e. The van der Waals surface area contributed by atoms with Crippen LogP contribution in [0.25, 0.3) is 0 Å². The Labute approximate surface area is 107 Å². The Morgan fingerprint density at radius 2 is 1.89 bits per heavy atom. The summed E-state index contributed by atoms with van der Waals surface area (Å²) in [6.07, 6.45) is -0.433. The maximum atomic E-state index is 13.5. The molecule has 0 aliphatic rings. The monoisotopic (exact) mass is 257 g/mol. The molecule has 18 heavy (non-hydrogen) atoms. The molecular weight excluding hydrogens is 237 g/mol. The molecule has 1 aromatic rings. The van der Waals surface area contributed by atoms with E-state index in [9.17, 15) is 4.39 Å². The van der Waals surface area contributed by atoms with E-state index in [2.05, 4.69) is 0 Å². The molecule has 0 aromatic heterocycles. The Balaban J connectivity index is 2.32. The molecule has 0 aliphatic carbocycles. The lowest BCUT2D eigenvalue weighted by molar-refractivity contribution is -0.00525. The van der Waals surface area contributed by atoms with Gasteiger partial charge in [-0.05, 0) is 6.07 Å². The van der Waals surface area contributed by atoms with Crippen LogP contribution in [0.15, 0.2) is 24.3 Å². The molecule has 1 unspecified atom stereocenters. The fraction of sp³-hybridized carbons (Fsp3) is 0.538. The van der Waals surface area contributed by atoms with Crippen LogP contribution in [0.3, 0.4) is 0 Å². The van der Waals surface area contributed by atoms with Crippen LogP contribution >= 0.6 is 0 Å². The summed E-state index contributed by atoms with van der Waals surface area (Å²) in [5.41, 5.74) is 6.07. The third-order valence-electron chi connectivity index (χ3n) is 2.44. The van der Waals surface area contributed by atoms with Gasteiger partial charge in [0.05, 0.1) is 32.5 Å². The van der Waals surface area contributed by atoms with Gasteiger partial charge in [0.15, 0.2) is 0 Å². The highest BCUT2D eigenvalue weighted by Gasteiger charge is 2.13. The Kier molecular flexibility index (Phi) is 7.52. The molecule has 0 saturated heterocycles. The highest BCUT2D eigenvalue weighted by molar-refractivity contribution is 5.20. The number of rotatable bonds is 9. The van der Waals surface area contributed by atoms with Crippen molar-refractivity contribution in [2.75, 3.05) is 40.1 Å². The number of halogens is 1. The summed E-state index contributed by atoms with van der Waals surface area (Å²) in [6, 6.07) is 6.48. The van der Waals surface area contributed by atoms with Crippen molar-refractivity contribution in [3.63, 3.8) is 0 Å². The first-order valence-electron chi connectivity index (χ1n) is 5.92. The lowest BCUT2D eigenvalue weighted by atomic mass is 10.1. The number of hydrogen-bond acceptors (Lipinski definition) is 4. The molecule has 5 heteroatoms. The lowest BCUT2D eigenvalue weighted by Crippen LogP contribution is -2.19. The average molecular weight is 257 g/mol. The maximum absolute atomic E-state index is 13.5. The van der Waals surface area contributed by atoms with E-state index in [1.807, 2.05) is 0 Å². The number of nitrogens with two attached hydrogens (primary N) is 1. The molecule has 1 atom stereocenters. The fourth-order valence-electron chi connectivity index (χ4n) is 1.51. The third-order valence-corrected chi connectivity index (χ3v) is 2.44. The first kappa shape index (κ1) is 15.0. The van der Waals surface area contributed by atoms with Crippen molar-refractivity contribution in [1.82, 2.24) is 0 Å². The van der Waals surface area contributed by atoms with Crippen LogP contribution in [0.1, 0.15) is 11.7 Å². The van der Waals surface area contributed by atoms with Crippen molar-refractivity contribution in [3.05, 3.63) is 35.6 Å². The summed E-state index contributed by atoms with van der Waals surface area (Å²) in [7, 11) is 1.61. The van der Waals surface area contributed by atoms with Crippen molar-refractivity contribution in [1.29, 1.82) is 0 Å². The third kappa shape index (κ3) is 5.10. The molecule has 1 aromatic carbocycles. The van der Waals surface area contributed by atoms with Gasteiger partial charge in [-0.15, -0.1) is 0 Å². The molecule has 0 aliphatic heterocycles. The molecule has 102 valence electrons. The zero-order valence-corrected chi connectivity index (χ0v) is 10.6. The largest absolute Gasteiger partial charge is 0.382 e. The van der Waals surface area contributed by atoms with E-state index in [1.54, 1.807) is 25.3 Å². The maximum Gasteiger partial charge on any atom is 0.129 e. The number of ether oxygens (including phenoxy) is 3. The van der Waals surface area contributed by atoms with Gasteiger partial charge in [0.1, 0.15) is 5.82 Å². The molecule has 0 bridgehead atoms. The molecule has 0 fully saturated rings. The van der Waals surface area contributed by atoms with Gasteiger partial charge in [0, 0.05) is 19.2 Å². The summed E-state index contributed by atoms with van der Waals surface area (Å²) in [5, 5.41) is 0. The van der Waals surface area contributed by atoms with Gasteiger partial charge in [0.25, 0.3) is 0 Å². The first-order valence-corrected chi connectivity index (χ1v) is 5.92. The summed E-state index contributed by atoms with van der Waals surface area (Å²) < 4.78 is 29.1. The van der Waals surface area contributed by atoms with E-state index in [1.165, 1.54) is 6.07 Å². The van der Waals surface area contributed by atoms with Crippen LogP contribution < -0.4 is 5.73 Å². The van der Waals surface area contributed by atoms with Gasteiger partial charge in [-0.25, -0.2) is 4.39 Å². The van der Waals surface area contributed by atoms with E-state index in [4.69, 9.17) is 19.9 Å². The Morgan fingerprint density at radius 1 is 1.17 bits per heavy atom. The van der Waals surface area contributed by atoms with Crippen LogP contribution in [0.2, 0.25) is 0 Å². The van der Waals surface area contributed by atoms with Crippen molar-refractivity contribution in [2.24, 2.45) is 5.73 Å². The minimum absolute atomic E-state index is 0.235. The normalized spacial score (nSPS) is 12.6. The van der Waals surface area contributed by atoms with Gasteiger partial charge in [-0.3, -0.25) is 0 Å². The number of benzene rings is 1. The second kappa shape index (κ2) is 8.99. The molecule has 0 radical (unpaired) electrons. The molecule has 0 heterocycles. The molecule has 0 saturated carbocycles. The highest BCUT2D eigenvalue weighted by Crippen LogP contribution is 2.19. The van der Waals surface area contributed by atoms with Crippen LogP contribution in [0.5, 0.6) is 0 Å². The minimum atomic E-state index is -0.433. The molecule has 0 amide bonds. The Bertz CT molecular complexity index is 336. The van der Waals surface area contributed by atoms with Gasteiger partial charge < -0.3 is 19.9 Å². The number of hydrogen-bond donors (Lipinski definition) is 1. The van der Waals surface area contributed by atoms with Crippen molar-refractivity contribution >= 4 is 0 Å². The standard InChI is InChI=1S/C13H20FNO3/c1-16-6-7-17-8-9-18-13(10-15)11-4-2-3-5-12(11)14/h2-5,13H,6-10,15H2,1H3. The minimum Gasteiger partial charge on any atom is -0.382 e. The summed E-state index contributed by atoms with van der Waals surface area (Å²) >= 11 is 0. The molecule has 2 N–H and O–H groups in total. The van der Waals surface area contributed by atoms with Crippen LogP contribution in [0, 0.1) is 5.82 Å². The zero-order chi connectivity index (χ0) is 13.2. The predicted molar refractivity (Wildman–Crippen MR) is 66.8 cm³/mol. The van der Waals surface area contributed by atoms with E-state index in [0.717, 1.165) is 0 Å². The van der Waals surface area contributed by atoms with Gasteiger partial charge in [0.2, 0.25) is 0 Å². The summed E-state index contributed by atoms with van der Waals surface area (Å²) in [5.74, 6) is -0.298. The van der Waals surface area contributed by atoms with Gasteiger partial charge in [-0.2, -0.15) is 0 Å². The Hall–Kier alpha value is -1.01. The molecule has 0 spiro atoms. The molecular formula is C13H20FNO3. The first-order chi connectivity index (χ1) is 8.79. The summed E-state index contributed by atoms with van der Waals surface area (Å²) in [4.78, 5) is 0. The highest BCUT2D eigenvalue weighted by atomic mass is 19.1. The van der Waals surface area contributed by atoms with E-state index in [-0.39, 0.29) is 12.4 Å². The fourth-order valence-corrected chi connectivity index (χ4v) is 1.51. The lowest BCUT2D eigenvalue weighted by Gasteiger charge is -2.17. The van der Waals surface area contributed by atoms with E-state index in [0.29, 0.717) is 32.0 Å². The topological polar surface area (TPSA) is 53.7 Å². The van der Waals surface area contributed by atoms with Crippen LogP contribution in [-0.2, 0) is 14.2 Å². The second-order valence-corrected chi connectivity index (χ2v) is 3.72. The summed E-state index contributed by atoms with van der Waals surface area (Å²) in [6.45, 7) is 2.12. The van der Waals surface area contributed by atoms with Crippen molar-refractivity contribution in [3.8, 4) is 0 Å². The van der Waals surface area contributed by atoms with Gasteiger partial charge >= 0.3 is 0 Å². The van der Waals surface area contributed by atoms with Crippen molar-refractivity contribution in [2.45, 2.75) is 6.10 Å². The average Bonchev–Trinajstić information content (AvgIpc) is 2.39. The Morgan fingerprint density at radius 3 is 2.56 bits per heavy atom. The SMILES string of the molecule is COCCOCCOC(CN)c1ccccc1F. The van der Waals surface area contributed by atoms with E-state index < -0.39 is 6.10 Å². The second-order valence-electron chi connectivity index (χ2n) is 3.72. The molecule has 1 rings (SSSR count). The quantitative estimate of drug-likeness (QED) is 0.681. The zero-order valence-electron chi connectivity index (χ0n) is 10.6. The molecule has 4 nitrogen and oxygen atoms in total.